The van der Waals surface area contributed by atoms with Crippen LogP contribution in [0.25, 0.3) is 0 Å². The van der Waals surface area contributed by atoms with Gasteiger partial charge in [0.15, 0.2) is 0 Å². The molecule has 0 bridgehead atoms. The van der Waals surface area contributed by atoms with Crippen LogP contribution in [0.1, 0.15) is 0 Å². The van der Waals surface area contributed by atoms with E-state index in [1.165, 1.54) is 12.1 Å². The Kier molecular flexibility index (Phi) is 6.70. The second-order valence-electron chi connectivity index (χ2n) is 1.93. The third-order valence-corrected chi connectivity index (χ3v) is 2.09. The van der Waals surface area contributed by atoms with Crippen molar-refractivity contribution in [3.63, 3.8) is 0 Å². The maximum atomic E-state index is 10.7. The Balaban J connectivity index is 0. The van der Waals surface area contributed by atoms with Gasteiger partial charge in [0.05, 0.1) is 0 Å². The van der Waals surface area contributed by atoms with E-state index >= 15 is 0 Å². The Morgan fingerprint density at radius 3 is 1.75 bits per heavy atom. The average Bonchev–Trinajstić information content (AvgIpc) is 1.88. The van der Waals surface area contributed by atoms with E-state index in [0.29, 0.717) is 0 Å². The fourth-order valence-electron chi connectivity index (χ4n) is 0.628. The van der Waals surface area contributed by atoms with E-state index in [9.17, 15) is 8.42 Å². The van der Waals surface area contributed by atoms with Crippen molar-refractivity contribution in [1.29, 1.82) is 0 Å². The molecule has 1 aromatic carbocycles. The van der Waals surface area contributed by atoms with Crippen LogP contribution in [-0.2, 0) is 9.84 Å². The predicted molar refractivity (Wildman–Crippen MR) is 51.2 cm³/mol. The fraction of sp³-hybridized carbons (Fsp3) is 0. The zero-order valence-electron chi connectivity index (χ0n) is 7.03. The van der Waals surface area contributed by atoms with E-state index in [1.807, 2.05) is 0 Å². The zero-order valence-corrected chi connectivity index (χ0v) is 9.26. The number of sulfone groups is 1. The van der Waals surface area contributed by atoms with Crippen LogP contribution in [0, 0.1) is 13.7 Å². The van der Waals surface area contributed by atoms with Crippen LogP contribution in [0.15, 0.2) is 35.2 Å². The van der Waals surface area contributed by atoms with Crippen LogP contribution in [0.2, 0.25) is 0 Å². The summed E-state index contributed by atoms with van der Waals surface area (Å²) < 4.78 is 21.4. The van der Waals surface area contributed by atoms with Gasteiger partial charge in [0.25, 0.3) is 0 Å². The second kappa shape index (κ2) is 5.56. The Morgan fingerprint density at radius 2 is 1.50 bits per heavy atom. The van der Waals surface area contributed by atoms with Gasteiger partial charge in [-0.05, 0) is 12.1 Å². The van der Waals surface area contributed by atoms with Gasteiger partial charge >= 0.3 is 23.1 Å². The minimum atomic E-state index is -3.25. The maximum absolute atomic E-state index is 10.7. The van der Waals surface area contributed by atoms with Crippen LogP contribution < -0.4 is 0 Å². The second-order valence-corrected chi connectivity index (χ2v) is 3.63. The number of hydrogen-bond donors (Lipinski definition) is 0. The quantitative estimate of drug-likeness (QED) is 0.499. The molecule has 62 valence electrons. The van der Waals surface area contributed by atoms with Gasteiger partial charge in [0, 0.05) is 14.7 Å². The van der Waals surface area contributed by atoms with Crippen molar-refractivity contribution < 1.29 is 8.42 Å². The zero-order chi connectivity index (χ0) is 7.61. The van der Waals surface area contributed by atoms with Crippen molar-refractivity contribution in [1.82, 2.24) is 0 Å². The molecule has 0 atom stereocenters. The maximum Gasteiger partial charge on any atom is 2.00 e. The molecule has 0 aliphatic heterocycles. The number of hydrogen-bond acceptors (Lipinski definition) is 2. The molecule has 0 aromatic heterocycles. The molecule has 0 unspecified atom stereocenters. The first-order valence-corrected chi connectivity index (χ1v) is 4.39. The summed E-state index contributed by atoms with van der Waals surface area (Å²) in [6.45, 7) is 0. The molecule has 0 N–H and O–H groups in total. The largest absolute Gasteiger partial charge is 2.00 e. The molecule has 0 heterocycles. The molecule has 1 aromatic rings. The summed E-state index contributed by atoms with van der Waals surface area (Å²) in [7, 11) is -3.25. The standard InChI is InChI=1S/C7H7O2S.CH3.Mg/c1-10(8,9)7-5-3-2-4-6-7;;/h2-6H,1H2;1H3;/q2*-1;+2. The molecule has 0 fully saturated rings. The van der Waals surface area contributed by atoms with Crippen LogP contribution in [-0.4, -0.2) is 31.5 Å². The van der Waals surface area contributed by atoms with Crippen LogP contribution in [0.5, 0.6) is 0 Å². The minimum Gasteiger partial charge on any atom is -0.358 e. The Bertz CT molecular complexity index is 305. The first kappa shape index (κ1) is 14.5. The molecule has 0 saturated carbocycles. The van der Waals surface area contributed by atoms with Gasteiger partial charge in [-0.15, -0.1) is 0 Å². The number of benzene rings is 1. The fourth-order valence-corrected chi connectivity index (χ4v) is 1.20. The summed E-state index contributed by atoms with van der Waals surface area (Å²) in [4.78, 5) is 0.259. The molecule has 0 saturated heterocycles. The Morgan fingerprint density at radius 1 is 1.08 bits per heavy atom. The molecule has 0 amide bonds. The van der Waals surface area contributed by atoms with E-state index in [4.69, 9.17) is 0 Å². The SMILES string of the molecule is [CH2-]S(=O)(=O)c1ccccc1.[CH3-].[Mg+2]. The molecule has 0 radical (unpaired) electrons. The van der Waals surface area contributed by atoms with Crippen LogP contribution in [0.4, 0.5) is 0 Å². The molecular weight excluding hydrogens is 184 g/mol. The van der Waals surface area contributed by atoms with Crippen molar-refractivity contribution in [2.24, 2.45) is 0 Å². The van der Waals surface area contributed by atoms with Gasteiger partial charge in [-0.25, -0.2) is 6.26 Å². The van der Waals surface area contributed by atoms with E-state index in [1.54, 1.807) is 18.2 Å². The third kappa shape index (κ3) is 4.09. The van der Waals surface area contributed by atoms with E-state index in [-0.39, 0.29) is 35.4 Å². The summed E-state index contributed by atoms with van der Waals surface area (Å²) in [6, 6.07) is 8.12. The Hall–Kier alpha value is -0.0638. The predicted octanol–water partition coefficient (Wildman–Crippen LogP) is 1.32. The normalized spacial score (nSPS) is 9.42. The monoisotopic (exact) mass is 194 g/mol. The Labute approximate surface area is 90.1 Å². The topological polar surface area (TPSA) is 34.1 Å². The van der Waals surface area contributed by atoms with Gasteiger partial charge in [-0.1, -0.05) is 18.2 Å². The smallest absolute Gasteiger partial charge is 0.358 e. The van der Waals surface area contributed by atoms with Crippen molar-refractivity contribution in [2.45, 2.75) is 4.90 Å². The van der Waals surface area contributed by atoms with E-state index in [2.05, 4.69) is 6.26 Å². The van der Waals surface area contributed by atoms with E-state index < -0.39 is 9.84 Å². The van der Waals surface area contributed by atoms with E-state index in [0.717, 1.165) is 0 Å². The summed E-state index contributed by atoms with van der Waals surface area (Å²) in [5.41, 5.74) is 0. The first-order valence-electron chi connectivity index (χ1n) is 2.74. The molecule has 0 aliphatic carbocycles. The van der Waals surface area contributed by atoms with Gasteiger partial charge in [-0.2, -0.15) is 0 Å². The van der Waals surface area contributed by atoms with Crippen molar-refractivity contribution in [3.05, 3.63) is 44.0 Å². The summed E-state index contributed by atoms with van der Waals surface area (Å²) in [5, 5.41) is 0. The molecule has 12 heavy (non-hydrogen) atoms. The molecule has 0 spiro atoms. The molecule has 2 nitrogen and oxygen atoms in total. The van der Waals surface area contributed by atoms with Crippen LogP contribution >= 0.6 is 0 Å². The molecule has 4 heteroatoms. The average molecular weight is 195 g/mol. The van der Waals surface area contributed by atoms with Gasteiger partial charge in [-0.3, -0.25) is 8.42 Å². The third-order valence-electron chi connectivity index (χ3n) is 1.10. The molecule has 0 aliphatic rings. The first-order chi connectivity index (χ1) is 4.61. The molecular formula is C8H10MgO2S. The van der Waals surface area contributed by atoms with Crippen molar-refractivity contribution in [3.8, 4) is 0 Å². The van der Waals surface area contributed by atoms with Gasteiger partial charge in [0.1, 0.15) is 0 Å². The van der Waals surface area contributed by atoms with Crippen molar-refractivity contribution in [2.75, 3.05) is 0 Å². The number of rotatable bonds is 1. The van der Waals surface area contributed by atoms with Gasteiger partial charge in [0.2, 0.25) is 0 Å². The molecule has 1 rings (SSSR count). The summed E-state index contributed by atoms with van der Waals surface area (Å²) in [5.74, 6) is 0. The van der Waals surface area contributed by atoms with Crippen LogP contribution in [0.3, 0.4) is 0 Å². The summed E-state index contributed by atoms with van der Waals surface area (Å²) in [6.07, 6.45) is 3.01. The van der Waals surface area contributed by atoms with Gasteiger partial charge < -0.3 is 7.43 Å². The van der Waals surface area contributed by atoms with Crippen molar-refractivity contribution >= 4 is 32.9 Å². The summed E-state index contributed by atoms with van der Waals surface area (Å²) >= 11 is 0. The minimum absolute atomic E-state index is 0.